The minimum Gasteiger partial charge on any atom is -0.459 e. The van der Waals surface area contributed by atoms with Gasteiger partial charge in [0.1, 0.15) is 22.7 Å². The van der Waals surface area contributed by atoms with E-state index in [-0.39, 0.29) is 21.7 Å². The van der Waals surface area contributed by atoms with Crippen molar-refractivity contribution in [3.63, 3.8) is 0 Å². The summed E-state index contributed by atoms with van der Waals surface area (Å²) in [5.74, 6) is 2.14. The minimum absolute atomic E-state index is 0.00526. The van der Waals surface area contributed by atoms with Crippen LogP contribution >= 0.6 is 22.7 Å². The van der Waals surface area contributed by atoms with E-state index in [0.717, 1.165) is 22.7 Å². The lowest BCUT2D eigenvalue weighted by molar-refractivity contribution is 0.465. The number of thiophene rings is 2. The van der Waals surface area contributed by atoms with Gasteiger partial charge in [-0.1, -0.05) is 307 Å². The van der Waals surface area contributed by atoms with E-state index in [0.29, 0.717) is 0 Å². The minimum atomic E-state index is -0.206. The van der Waals surface area contributed by atoms with E-state index in [2.05, 4.69) is 486 Å². The second kappa shape index (κ2) is 29.6. The Labute approximate surface area is 816 Å². The van der Waals surface area contributed by atoms with Crippen molar-refractivity contribution in [2.24, 2.45) is 0 Å². The molecule has 0 aliphatic heterocycles. The van der Waals surface area contributed by atoms with Crippen molar-refractivity contribution in [3.05, 3.63) is 456 Å². The standard InChI is InChI=1S/2C33H23NO.2C33H23NS/c1-33(2)27-18-25-23-11-5-7-13-28(23)34(22-16-15-20-9-3-4-10-21(20)17-22)29(25)19-26(27)31-24-12-6-8-14-30(24)35-32(31)33;1-33(2)27-19-29-25(18-26(27)31-24-12-6-8-14-30(24)35-32(31)33)23-11-5-7-13-28(23)34(29)22-16-15-20-9-3-4-10-21(20)17-22;1-33(2)27-18-25-23-11-5-7-13-28(23)34(22-16-15-20-9-3-4-10-21(20)17-22)29(25)19-26(27)31-24-12-6-8-14-30(24)35-32(31)33;1-33(2)26-18-17-24-23-11-5-7-13-27(23)34(22-16-15-20-9-3-4-10-21(20)19-22)31(24)30(26)29-25-12-6-8-14-28(25)35-32(29)33/h4*3-19H,1-2H3. The maximum Gasteiger partial charge on any atom is 0.134 e. The Morgan fingerprint density at radius 2 is 0.500 bits per heavy atom. The summed E-state index contributed by atoms with van der Waals surface area (Å²) in [6, 6.07) is 151. The molecular weight excluding hydrogens is 1740 g/mol. The van der Waals surface area contributed by atoms with Crippen molar-refractivity contribution in [2.75, 3.05) is 0 Å². The van der Waals surface area contributed by atoms with Crippen molar-refractivity contribution in [1.82, 2.24) is 18.3 Å². The molecular formula is C132H92N4O2S2. The highest BCUT2D eigenvalue weighted by Gasteiger charge is 2.46. The van der Waals surface area contributed by atoms with Crippen LogP contribution in [0.5, 0.6) is 0 Å². The van der Waals surface area contributed by atoms with E-state index in [1.54, 1.807) is 0 Å². The molecule has 664 valence electrons. The Hall–Kier alpha value is -16.4. The van der Waals surface area contributed by atoms with Crippen LogP contribution in [0.1, 0.15) is 98.9 Å². The lowest BCUT2D eigenvalue weighted by Crippen LogP contribution is -2.14. The molecule has 0 saturated carbocycles. The maximum absolute atomic E-state index is 6.46. The van der Waals surface area contributed by atoms with Gasteiger partial charge in [0.15, 0.2) is 0 Å². The second-order valence-electron chi connectivity index (χ2n) is 40.9. The van der Waals surface area contributed by atoms with Crippen LogP contribution in [-0.2, 0) is 21.7 Å². The molecule has 0 saturated heterocycles. The second-order valence-corrected chi connectivity index (χ2v) is 43.0. The van der Waals surface area contributed by atoms with Gasteiger partial charge in [0.2, 0.25) is 0 Å². The van der Waals surface area contributed by atoms with Crippen LogP contribution in [0.15, 0.2) is 421 Å². The number of para-hydroxylation sites is 6. The molecule has 0 spiro atoms. The molecule has 0 unspecified atom stereocenters. The van der Waals surface area contributed by atoms with Gasteiger partial charge in [-0.15, -0.1) is 22.7 Å². The smallest absolute Gasteiger partial charge is 0.134 e. The van der Waals surface area contributed by atoms with Gasteiger partial charge in [0, 0.05) is 156 Å². The van der Waals surface area contributed by atoms with Crippen molar-refractivity contribution >= 4 is 195 Å². The third kappa shape index (κ3) is 11.5. The first-order valence-electron chi connectivity index (χ1n) is 48.8. The molecule has 28 aromatic rings. The third-order valence-corrected chi connectivity index (χ3v) is 34.6. The van der Waals surface area contributed by atoms with Gasteiger partial charge in [0.05, 0.1) is 44.1 Å². The van der Waals surface area contributed by atoms with Gasteiger partial charge in [0.25, 0.3) is 0 Å². The monoisotopic (exact) mass is 1830 g/mol. The third-order valence-electron chi connectivity index (χ3n) is 31.6. The quantitative estimate of drug-likeness (QED) is 0.176. The molecule has 140 heavy (non-hydrogen) atoms. The van der Waals surface area contributed by atoms with Gasteiger partial charge in [-0.05, 0) is 243 Å². The van der Waals surface area contributed by atoms with Crippen molar-refractivity contribution in [1.29, 1.82) is 0 Å². The van der Waals surface area contributed by atoms with Crippen molar-refractivity contribution < 1.29 is 8.83 Å². The number of hydrogen-bond donors (Lipinski definition) is 0. The summed E-state index contributed by atoms with van der Waals surface area (Å²) in [6.07, 6.45) is 0. The number of rotatable bonds is 4. The molecule has 8 aromatic heterocycles. The molecule has 20 aromatic carbocycles. The average Bonchev–Trinajstić information content (AvgIpc) is 1.50. The fourth-order valence-electron chi connectivity index (χ4n) is 24.9. The highest BCUT2D eigenvalue weighted by Crippen LogP contribution is 2.62. The molecule has 8 heterocycles. The number of fused-ring (bicyclic) bond motifs is 37. The largest absolute Gasteiger partial charge is 0.459 e. The van der Waals surface area contributed by atoms with Gasteiger partial charge in [-0.25, -0.2) is 0 Å². The van der Waals surface area contributed by atoms with Gasteiger partial charge >= 0.3 is 0 Å². The summed E-state index contributed by atoms with van der Waals surface area (Å²) in [4.78, 5) is 2.97. The summed E-state index contributed by atoms with van der Waals surface area (Å²) >= 11 is 3.92. The van der Waals surface area contributed by atoms with Gasteiger partial charge in [-0.2, -0.15) is 0 Å². The van der Waals surface area contributed by atoms with Crippen molar-refractivity contribution in [2.45, 2.75) is 77.0 Å². The zero-order chi connectivity index (χ0) is 93.2. The van der Waals surface area contributed by atoms with Crippen LogP contribution in [0.3, 0.4) is 0 Å². The number of aromatic nitrogens is 4. The predicted octanol–water partition coefficient (Wildman–Crippen LogP) is 36.9. The van der Waals surface area contributed by atoms with Gasteiger partial charge in [-0.3, -0.25) is 0 Å². The van der Waals surface area contributed by atoms with Crippen LogP contribution in [0, 0.1) is 0 Å². The van der Waals surface area contributed by atoms with Crippen LogP contribution in [0.2, 0.25) is 0 Å². The van der Waals surface area contributed by atoms with Crippen LogP contribution in [-0.4, -0.2) is 18.3 Å². The summed E-state index contributed by atoms with van der Waals surface area (Å²) in [7, 11) is 0. The zero-order valence-electron chi connectivity index (χ0n) is 78.7. The molecule has 8 heteroatoms. The fraction of sp³-hybridized carbons (Fsp3) is 0.0909. The average molecular weight is 1830 g/mol. The van der Waals surface area contributed by atoms with E-state index in [1.807, 2.05) is 22.7 Å². The molecule has 0 N–H and O–H groups in total. The predicted molar refractivity (Wildman–Crippen MR) is 594 cm³/mol. The lowest BCUT2D eigenvalue weighted by atomic mass is 9.85. The molecule has 6 nitrogen and oxygen atoms in total. The first-order valence-corrected chi connectivity index (χ1v) is 50.5. The zero-order valence-corrected chi connectivity index (χ0v) is 80.3. The Bertz CT molecular complexity index is 9940. The number of furan rings is 2. The first-order chi connectivity index (χ1) is 68.5. The highest BCUT2D eigenvalue weighted by molar-refractivity contribution is 7.20. The molecule has 0 bridgehead atoms. The summed E-state index contributed by atoms with van der Waals surface area (Å²) < 4.78 is 25.5. The number of benzene rings is 20. The fourth-order valence-corrected chi connectivity index (χ4v) is 27.6. The molecule has 0 fully saturated rings. The Balaban J connectivity index is 0.0000000896. The molecule has 0 amide bonds. The van der Waals surface area contributed by atoms with Crippen LogP contribution in [0.25, 0.3) is 240 Å². The maximum atomic E-state index is 6.46. The van der Waals surface area contributed by atoms with Crippen molar-refractivity contribution in [3.8, 4) is 67.3 Å². The normalized spacial score (nSPS) is 14.2. The lowest BCUT2D eigenvalue weighted by Gasteiger charge is -2.20. The van der Waals surface area contributed by atoms with Gasteiger partial charge < -0.3 is 27.1 Å². The Morgan fingerprint density at radius 3 is 0.943 bits per heavy atom. The topological polar surface area (TPSA) is 46.0 Å². The van der Waals surface area contributed by atoms with E-state index >= 15 is 0 Å². The number of hydrogen-bond acceptors (Lipinski definition) is 4. The summed E-state index contributed by atoms with van der Waals surface area (Å²) in [5.41, 5.74) is 32.7. The molecule has 32 rings (SSSR count). The van der Waals surface area contributed by atoms with Crippen LogP contribution < -0.4 is 0 Å². The molecule has 4 aliphatic rings. The van der Waals surface area contributed by atoms with Crippen LogP contribution in [0.4, 0.5) is 0 Å². The van der Waals surface area contributed by atoms with E-state index < -0.39 is 0 Å². The van der Waals surface area contributed by atoms with E-state index in [1.165, 1.54) is 261 Å². The molecule has 0 atom stereocenters. The highest BCUT2D eigenvalue weighted by atomic mass is 32.1. The Kier molecular flexibility index (Phi) is 17.1. The molecule has 4 aliphatic carbocycles. The first kappa shape index (κ1) is 80.9. The SMILES string of the molecule is CC1(C)c2cc3c(cc2-c2c1oc1ccccc21)c1ccccc1n3-c1ccc2ccccc2c1.CC1(C)c2cc3c4ccccc4n(-c4ccc5ccccc5c4)c3cc2-c2c1oc1ccccc21.CC1(C)c2cc3c4ccccc4n(-c4ccc5ccccc5c4)c3cc2-c2c1sc1ccccc21.CC1(C)c2ccc3c4ccccc4n(-c4ccc5ccccc5c4)c3c2-c2c1sc1ccccc21. The summed E-state index contributed by atoms with van der Waals surface area (Å²) in [6.45, 7) is 18.7. The van der Waals surface area contributed by atoms with E-state index in [9.17, 15) is 0 Å². The van der Waals surface area contributed by atoms with E-state index in [4.69, 9.17) is 8.83 Å². The molecule has 0 radical (unpaired) electrons. The Morgan fingerprint density at radius 1 is 0.193 bits per heavy atom. The number of nitrogens with zero attached hydrogens (tertiary/aromatic N) is 4. The summed E-state index contributed by atoms with van der Waals surface area (Å²) in [5, 5.41) is 25.7.